The molecule has 8 heteroatoms. The highest BCUT2D eigenvalue weighted by atomic mass is 32.2. The molecule has 94 valence electrons. The van der Waals surface area contributed by atoms with E-state index in [0.29, 0.717) is 0 Å². The van der Waals surface area contributed by atoms with Gasteiger partial charge >= 0.3 is 5.97 Å². The zero-order valence-corrected chi connectivity index (χ0v) is 10.0. The molecule has 0 aliphatic heterocycles. The maximum atomic E-state index is 11.6. The van der Waals surface area contributed by atoms with Crippen molar-refractivity contribution < 1.29 is 27.5 Å². The van der Waals surface area contributed by atoms with Crippen LogP contribution in [0.4, 0.5) is 0 Å². The molecule has 0 aromatic carbocycles. The van der Waals surface area contributed by atoms with Crippen molar-refractivity contribution in [3.63, 3.8) is 0 Å². The highest BCUT2D eigenvalue weighted by Gasteiger charge is 2.25. The van der Waals surface area contributed by atoms with Crippen LogP contribution in [0.3, 0.4) is 0 Å². The Hall–Kier alpha value is -1.83. The van der Waals surface area contributed by atoms with Crippen LogP contribution in [-0.4, -0.2) is 50.1 Å². The smallest absolute Gasteiger partial charge is 0.371 e. The monoisotopic (exact) mass is 261 g/mol. The first-order valence-electron chi connectivity index (χ1n) is 4.50. The quantitative estimate of drug-likeness (QED) is 0.807. The molecule has 0 bridgehead atoms. The lowest BCUT2D eigenvalue weighted by atomic mass is 10.5. The number of hydrogen-bond acceptors (Lipinski definition) is 5. The number of aromatic carboxylic acids is 1. The Balaban J connectivity index is 2.97. The van der Waals surface area contributed by atoms with E-state index in [1.807, 2.05) is 0 Å². The highest BCUT2D eigenvalue weighted by molar-refractivity contribution is 7.92. The van der Waals surface area contributed by atoms with Gasteiger partial charge in [-0.25, -0.2) is 13.2 Å². The molecular weight excluding hydrogens is 250 g/mol. The summed E-state index contributed by atoms with van der Waals surface area (Å²) < 4.78 is 27.9. The Kier molecular flexibility index (Phi) is 3.56. The molecule has 1 aromatic heterocycles. The second kappa shape index (κ2) is 4.58. The summed E-state index contributed by atoms with van der Waals surface area (Å²) in [5, 5.41) is 8.05. The molecule has 1 aromatic rings. The van der Waals surface area contributed by atoms with Gasteiger partial charge in [-0.15, -0.1) is 0 Å². The number of furan rings is 1. The van der Waals surface area contributed by atoms with E-state index in [1.54, 1.807) is 0 Å². The van der Waals surface area contributed by atoms with Crippen LogP contribution < -0.4 is 0 Å². The average Bonchev–Trinajstić information content (AvgIpc) is 2.65. The topological polar surface area (TPSA) is 105 Å². The van der Waals surface area contributed by atoms with Crippen molar-refractivity contribution in [3.8, 4) is 0 Å². The number of amides is 1. The third-order valence-electron chi connectivity index (χ3n) is 1.91. The zero-order valence-electron chi connectivity index (χ0n) is 9.21. The van der Waals surface area contributed by atoms with Crippen LogP contribution in [-0.2, 0) is 14.6 Å². The number of carboxylic acids is 1. The Morgan fingerprint density at radius 2 is 1.94 bits per heavy atom. The largest absolute Gasteiger partial charge is 0.475 e. The van der Waals surface area contributed by atoms with Crippen LogP contribution >= 0.6 is 0 Å². The predicted molar refractivity (Wildman–Crippen MR) is 56.4 cm³/mol. The molecule has 1 rings (SSSR count). The van der Waals surface area contributed by atoms with Crippen molar-refractivity contribution in [1.82, 2.24) is 4.90 Å². The first kappa shape index (κ1) is 13.2. The number of carbonyl (C=O) groups excluding carboxylic acids is 1. The normalized spacial score (nSPS) is 11.2. The van der Waals surface area contributed by atoms with Crippen LogP contribution in [0.25, 0.3) is 0 Å². The van der Waals surface area contributed by atoms with Gasteiger partial charge in [-0.3, -0.25) is 4.79 Å². The number of carboxylic acid groups (broad SMARTS) is 1. The van der Waals surface area contributed by atoms with Gasteiger partial charge in [-0.05, 0) is 12.1 Å². The van der Waals surface area contributed by atoms with Crippen molar-refractivity contribution in [2.75, 3.05) is 19.8 Å². The summed E-state index contributed by atoms with van der Waals surface area (Å²) in [5.41, 5.74) is 0. The fraction of sp³-hybridized carbons (Fsp3) is 0.333. The van der Waals surface area contributed by atoms with Crippen LogP contribution in [0.2, 0.25) is 0 Å². The van der Waals surface area contributed by atoms with Crippen LogP contribution in [0.15, 0.2) is 21.6 Å². The molecule has 0 atom stereocenters. The number of sulfone groups is 1. The predicted octanol–water partition coefficient (Wildman–Crippen LogP) is -0.160. The van der Waals surface area contributed by atoms with E-state index >= 15 is 0 Å². The molecule has 0 aliphatic carbocycles. The fourth-order valence-corrected chi connectivity index (χ4v) is 2.18. The molecule has 0 aliphatic rings. The van der Waals surface area contributed by atoms with Crippen molar-refractivity contribution in [2.45, 2.75) is 5.09 Å². The summed E-state index contributed by atoms with van der Waals surface area (Å²) in [5.74, 6) is -3.23. The highest BCUT2D eigenvalue weighted by Crippen LogP contribution is 2.15. The lowest BCUT2D eigenvalue weighted by molar-refractivity contribution is -0.125. The summed E-state index contributed by atoms with van der Waals surface area (Å²) in [6.07, 6.45) is 0. The first-order valence-corrected chi connectivity index (χ1v) is 6.15. The van der Waals surface area contributed by atoms with Gasteiger partial charge < -0.3 is 14.4 Å². The van der Waals surface area contributed by atoms with Crippen molar-refractivity contribution in [1.29, 1.82) is 0 Å². The van der Waals surface area contributed by atoms with Crippen molar-refractivity contribution in [3.05, 3.63) is 17.9 Å². The molecule has 0 unspecified atom stereocenters. The second-order valence-electron chi connectivity index (χ2n) is 3.47. The van der Waals surface area contributed by atoms with Gasteiger partial charge in [0.1, 0.15) is 5.75 Å². The number of nitrogens with zero attached hydrogens (tertiary/aromatic N) is 1. The molecular formula is C9H11NO6S. The Bertz CT molecular complexity index is 542. The van der Waals surface area contributed by atoms with Gasteiger partial charge in [0.2, 0.25) is 26.6 Å². The Morgan fingerprint density at radius 1 is 1.35 bits per heavy atom. The lowest BCUT2D eigenvalue weighted by Crippen LogP contribution is -2.29. The molecule has 0 saturated heterocycles. The van der Waals surface area contributed by atoms with Gasteiger partial charge in [0.15, 0.2) is 0 Å². The standard InChI is InChI=1S/C9H11NO6S/c1-10(2)7(11)5-17(14,15)8-4-3-6(16-8)9(12)13/h3-4H,5H2,1-2H3,(H,12,13). The van der Waals surface area contributed by atoms with Gasteiger partial charge in [0.25, 0.3) is 0 Å². The third-order valence-corrected chi connectivity index (χ3v) is 3.37. The molecule has 1 N–H and O–H groups in total. The third kappa shape index (κ3) is 3.06. The van der Waals surface area contributed by atoms with Gasteiger partial charge in [0, 0.05) is 14.1 Å². The summed E-state index contributed by atoms with van der Waals surface area (Å²) in [4.78, 5) is 22.9. The Morgan fingerprint density at radius 3 is 2.35 bits per heavy atom. The van der Waals surface area contributed by atoms with Crippen molar-refractivity contribution in [2.24, 2.45) is 0 Å². The maximum absolute atomic E-state index is 11.6. The summed E-state index contributed by atoms with van der Waals surface area (Å²) in [7, 11) is -1.10. The molecule has 0 fully saturated rings. The summed E-state index contributed by atoms with van der Waals surface area (Å²) >= 11 is 0. The molecule has 17 heavy (non-hydrogen) atoms. The minimum atomic E-state index is -3.94. The van der Waals surface area contributed by atoms with Gasteiger partial charge in [-0.1, -0.05) is 0 Å². The minimum Gasteiger partial charge on any atom is -0.475 e. The van der Waals surface area contributed by atoms with Crippen LogP contribution in [0, 0.1) is 0 Å². The molecule has 1 amide bonds. The van der Waals surface area contributed by atoms with E-state index in [2.05, 4.69) is 4.42 Å². The van der Waals surface area contributed by atoms with E-state index < -0.39 is 38.3 Å². The zero-order chi connectivity index (χ0) is 13.2. The van der Waals surface area contributed by atoms with E-state index in [0.717, 1.165) is 17.0 Å². The molecule has 7 nitrogen and oxygen atoms in total. The van der Waals surface area contributed by atoms with Crippen molar-refractivity contribution >= 4 is 21.7 Å². The molecule has 1 heterocycles. The first-order chi connectivity index (χ1) is 7.74. The van der Waals surface area contributed by atoms with Gasteiger partial charge in [-0.2, -0.15) is 0 Å². The summed E-state index contributed by atoms with van der Waals surface area (Å²) in [6, 6.07) is 2.04. The average molecular weight is 261 g/mol. The van der Waals surface area contributed by atoms with Gasteiger partial charge in [0.05, 0.1) is 0 Å². The van der Waals surface area contributed by atoms with E-state index in [1.165, 1.54) is 14.1 Å². The van der Waals surface area contributed by atoms with E-state index in [9.17, 15) is 18.0 Å². The van der Waals surface area contributed by atoms with E-state index in [4.69, 9.17) is 5.11 Å². The number of rotatable bonds is 4. The SMILES string of the molecule is CN(C)C(=O)CS(=O)(=O)c1ccc(C(=O)O)o1. The van der Waals surface area contributed by atoms with Crippen LogP contribution in [0.1, 0.15) is 10.6 Å². The Labute approximate surface area is 97.6 Å². The van der Waals surface area contributed by atoms with Crippen LogP contribution in [0.5, 0.6) is 0 Å². The minimum absolute atomic E-state index is 0.485. The number of carbonyl (C=O) groups is 2. The lowest BCUT2D eigenvalue weighted by Gasteiger charge is -2.08. The molecule has 0 saturated carbocycles. The fourth-order valence-electron chi connectivity index (χ4n) is 0.965. The van der Waals surface area contributed by atoms with E-state index in [-0.39, 0.29) is 0 Å². The molecule has 0 spiro atoms. The number of hydrogen-bond donors (Lipinski definition) is 1. The summed E-state index contributed by atoms with van der Waals surface area (Å²) in [6.45, 7) is 0. The second-order valence-corrected chi connectivity index (χ2v) is 5.39. The maximum Gasteiger partial charge on any atom is 0.371 e. The molecule has 0 radical (unpaired) electrons.